The van der Waals surface area contributed by atoms with Crippen molar-refractivity contribution in [1.82, 2.24) is 9.78 Å². The van der Waals surface area contributed by atoms with Crippen LogP contribution < -0.4 is 0 Å². The fraction of sp³-hybridized carbons (Fsp3) is 0.0625. The molecular formula is C16H12BrFN2O. The molecule has 1 atom stereocenters. The molecule has 106 valence electrons. The molecule has 3 aromatic rings. The molecule has 5 heteroatoms. The van der Waals surface area contributed by atoms with Crippen LogP contribution in [0.5, 0.6) is 0 Å². The third-order valence-corrected chi connectivity index (χ3v) is 3.93. The van der Waals surface area contributed by atoms with Crippen LogP contribution in [-0.4, -0.2) is 14.9 Å². The second-order valence-electron chi connectivity index (χ2n) is 4.57. The SMILES string of the molecule is OC(c1cc(F)ccc1Br)c1ccnn1-c1ccccc1. The molecule has 0 aliphatic carbocycles. The van der Waals surface area contributed by atoms with E-state index in [-0.39, 0.29) is 0 Å². The summed E-state index contributed by atoms with van der Waals surface area (Å²) in [6, 6.07) is 15.4. The van der Waals surface area contributed by atoms with Gasteiger partial charge in [-0.3, -0.25) is 0 Å². The first kappa shape index (κ1) is 14.0. The van der Waals surface area contributed by atoms with Crippen LogP contribution in [0.4, 0.5) is 4.39 Å². The van der Waals surface area contributed by atoms with E-state index in [1.165, 1.54) is 12.1 Å². The predicted octanol–water partition coefficient (Wildman–Crippen LogP) is 3.86. The van der Waals surface area contributed by atoms with E-state index in [1.807, 2.05) is 30.3 Å². The van der Waals surface area contributed by atoms with Gasteiger partial charge in [-0.05, 0) is 36.4 Å². The lowest BCUT2D eigenvalue weighted by molar-refractivity contribution is 0.210. The van der Waals surface area contributed by atoms with Crippen molar-refractivity contribution < 1.29 is 9.50 Å². The third kappa shape index (κ3) is 2.75. The van der Waals surface area contributed by atoms with Gasteiger partial charge in [0.15, 0.2) is 0 Å². The van der Waals surface area contributed by atoms with Crippen LogP contribution in [0.15, 0.2) is 65.3 Å². The Hall–Kier alpha value is -1.98. The summed E-state index contributed by atoms with van der Waals surface area (Å²) in [5, 5.41) is 14.8. The molecule has 0 saturated heterocycles. The highest BCUT2D eigenvalue weighted by Crippen LogP contribution is 2.30. The van der Waals surface area contributed by atoms with Gasteiger partial charge in [-0.25, -0.2) is 9.07 Å². The van der Waals surface area contributed by atoms with Gasteiger partial charge in [0.1, 0.15) is 11.9 Å². The fourth-order valence-electron chi connectivity index (χ4n) is 2.19. The predicted molar refractivity (Wildman–Crippen MR) is 81.7 cm³/mol. The maximum absolute atomic E-state index is 13.4. The zero-order valence-corrected chi connectivity index (χ0v) is 12.5. The van der Waals surface area contributed by atoms with Gasteiger partial charge in [-0.1, -0.05) is 34.1 Å². The van der Waals surface area contributed by atoms with Crippen molar-refractivity contribution in [2.75, 3.05) is 0 Å². The molecule has 0 aliphatic heterocycles. The number of para-hydroxylation sites is 1. The number of aliphatic hydroxyl groups is 1. The molecule has 3 nitrogen and oxygen atoms in total. The Balaban J connectivity index is 2.06. The van der Waals surface area contributed by atoms with Crippen LogP contribution in [-0.2, 0) is 0 Å². The van der Waals surface area contributed by atoms with Gasteiger partial charge in [0.05, 0.1) is 11.4 Å². The smallest absolute Gasteiger partial charge is 0.123 e. The molecule has 0 fully saturated rings. The topological polar surface area (TPSA) is 38.1 Å². The number of rotatable bonds is 3. The molecule has 0 radical (unpaired) electrons. The van der Waals surface area contributed by atoms with E-state index in [9.17, 15) is 9.50 Å². The lowest BCUT2D eigenvalue weighted by Crippen LogP contribution is -2.09. The minimum Gasteiger partial charge on any atom is -0.382 e. The van der Waals surface area contributed by atoms with Gasteiger partial charge >= 0.3 is 0 Å². The van der Waals surface area contributed by atoms with Crippen LogP contribution in [0, 0.1) is 5.82 Å². The average Bonchev–Trinajstić information content (AvgIpc) is 2.99. The number of hydrogen-bond donors (Lipinski definition) is 1. The molecule has 1 N–H and O–H groups in total. The maximum Gasteiger partial charge on any atom is 0.123 e. The summed E-state index contributed by atoms with van der Waals surface area (Å²) in [4.78, 5) is 0. The maximum atomic E-state index is 13.4. The summed E-state index contributed by atoms with van der Waals surface area (Å²) in [7, 11) is 0. The molecule has 1 unspecified atom stereocenters. The van der Waals surface area contributed by atoms with Gasteiger partial charge in [0.2, 0.25) is 0 Å². The van der Waals surface area contributed by atoms with Crippen molar-refractivity contribution in [3.63, 3.8) is 0 Å². The quantitative estimate of drug-likeness (QED) is 0.781. The molecule has 1 heterocycles. The van der Waals surface area contributed by atoms with Crippen molar-refractivity contribution in [3.8, 4) is 5.69 Å². The fourth-order valence-corrected chi connectivity index (χ4v) is 2.65. The largest absolute Gasteiger partial charge is 0.382 e. The lowest BCUT2D eigenvalue weighted by atomic mass is 10.1. The minimum absolute atomic E-state index is 0.391. The molecule has 3 rings (SSSR count). The number of halogens is 2. The molecule has 0 aliphatic rings. The molecule has 2 aromatic carbocycles. The number of nitrogens with zero attached hydrogens (tertiary/aromatic N) is 2. The Bertz CT molecular complexity index is 758. The van der Waals surface area contributed by atoms with Crippen LogP contribution in [0.3, 0.4) is 0 Å². The van der Waals surface area contributed by atoms with E-state index >= 15 is 0 Å². The minimum atomic E-state index is -0.974. The summed E-state index contributed by atoms with van der Waals surface area (Å²) in [5.74, 6) is -0.391. The van der Waals surface area contributed by atoms with Crippen LogP contribution >= 0.6 is 15.9 Å². The zero-order chi connectivity index (χ0) is 14.8. The molecular weight excluding hydrogens is 335 g/mol. The summed E-state index contributed by atoms with van der Waals surface area (Å²) >= 11 is 3.34. The van der Waals surface area contributed by atoms with E-state index < -0.39 is 11.9 Å². The van der Waals surface area contributed by atoms with Crippen molar-refractivity contribution in [1.29, 1.82) is 0 Å². The molecule has 0 saturated carbocycles. The molecule has 0 spiro atoms. The second kappa shape index (κ2) is 5.79. The van der Waals surface area contributed by atoms with Gasteiger partial charge in [0.25, 0.3) is 0 Å². The van der Waals surface area contributed by atoms with Crippen LogP contribution in [0.1, 0.15) is 17.4 Å². The number of hydrogen-bond acceptors (Lipinski definition) is 2. The summed E-state index contributed by atoms with van der Waals surface area (Å²) in [6.07, 6.45) is 0.636. The third-order valence-electron chi connectivity index (χ3n) is 3.21. The highest BCUT2D eigenvalue weighted by atomic mass is 79.9. The zero-order valence-electron chi connectivity index (χ0n) is 10.9. The number of benzene rings is 2. The molecule has 0 bridgehead atoms. The van der Waals surface area contributed by atoms with Gasteiger partial charge in [-0.2, -0.15) is 5.10 Å². The van der Waals surface area contributed by atoms with Crippen LogP contribution in [0.2, 0.25) is 0 Å². The van der Waals surface area contributed by atoms with Gasteiger partial charge < -0.3 is 5.11 Å². The average molecular weight is 347 g/mol. The van der Waals surface area contributed by atoms with E-state index in [2.05, 4.69) is 21.0 Å². The Morgan fingerprint density at radius 1 is 1.10 bits per heavy atom. The Kier molecular flexibility index (Phi) is 3.86. The summed E-state index contributed by atoms with van der Waals surface area (Å²) < 4.78 is 15.7. The van der Waals surface area contributed by atoms with E-state index in [0.29, 0.717) is 15.7 Å². The first-order chi connectivity index (χ1) is 10.2. The summed E-state index contributed by atoms with van der Waals surface area (Å²) in [5.41, 5.74) is 1.88. The number of aromatic nitrogens is 2. The lowest BCUT2D eigenvalue weighted by Gasteiger charge is -2.15. The normalized spacial score (nSPS) is 12.3. The molecule has 21 heavy (non-hydrogen) atoms. The Labute approximate surface area is 129 Å². The van der Waals surface area contributed by atoms with Crippen molar-refractivity contribution in [3.05, 3.63) is 82.3 Å². The van der Waals surface area contributed by atoms with E-state index in [4.69, 9.17) is 0 Å². The van der Waals surface area contributed by atoms with Crippen molar-refractivity contribution >= 4 is 15.9 Å². The van der Waals surface area contributed by atoms with Crippen molar-refractivity contribution in [2.24, 2.45) is 0 Å². The van der Waals surface area contributed by atoms with Crippen LogP contribution in [0.25, 0.3) is 5.69 Å². The van der Waals surface area contributed by atoms with Crippen molar-refractivity contribution in [2.45, 2.75) is 6.10 Å². The number of aliphatic hydroxyl groups excluding tert-OH is 1. The first-order valence-corrected chi connectivity index (χ1v) is 7.18. The Morgan fingerprint density at radius 2 is 1.86 bits per heavy atom. The molecule has 0 amide bonds. The Morgan fingerprint density at radius 3 is 2.62 bits per heavy atom. The van der Waals surface area contributed by atoms with E-state index in [0.717, 1.165) is 5.69 Å². The molecule has 1 aromatic heterocycles. The van der Waals surface area contributed by atoms with Gasteiger partial charge in [-0.15, -0.1) is 0 Å². The van der Waals surface area contributed by atoms with E-state index in [1.54, 1.807) is 23.0 Å². The first-order valence-electron chi connectivity index (χ1n) is 6.39. The standard InChI is InChI=1S/C16H12BrFN2O/c17-14-7-6-11(18)10-13(14)16(21)15-8-9-19-20(15)12-4-2-1-3-5-12/h1-10,16,21H. The highest BCUT2D eigenvalue weighted by Gasteiger charge is 2.19. The summed E-state index contributed by atoms with van der Waals surface area (Å²) in [6.45, 7) is 0. The highest BCUT2D eigenvalue weighted by molar-refractivity contribution is 9.10. The monoisotopic (exact) mass is 346 g/mol. The van der Waals surface area contributed by atoms with Gasteiger partial charge in [0, 0.05) is 16.2 Å². The second-order valence-corrected chi connectivity index (χ2v) is 5.43.